The van der Waals surface area contributed by atoms with Crippen LogP contribution in [0.15, 0.2) is 23.7 Å². The number of aldehydes is 1. The van der Waals surface area contributed by atoms with E-state index in [-0.39, 0.29) is 0 Å². The van der Waals surface area contributed by atoms with Crippen molar-refractivity contribution in [3.63, 3.8) is 0 Å². The fraction of sp³-hybridized carbons (Fsp3) is 0.286. The predicted molar refractivity (Wildman–Crippen MR) is 72.6 cm³/mol. The first kappa shape index (κ1) is 12.8. The summed E-state index contributed by atoms with van der Waals surface area (Å²) in [6.07, 6.45) is 1.71. The number of hydrogen-bond acceptors (Lipinski definition) is 4. The maximum atomic E-state index is 10.6. The van der Waals surface area contributed by atoms with Gasteiger partial charge in [-0.2, -0.15) is 0 Å². The van der Waals surface area contributed by atoms with Crippen molar-refractivity contribution in [3.8, 4) is 5.75 Å². The SMILES string of the molecule is Cc1cc(C=O)ccc1OCCc1scnc1C. The number of nitrogens with zero attached hydrogens (tertiary/aromatic N) is 1. The van der Waals surface area contributed by atoms with Crippen LogP contribution in [0.1, 0.15) is 26.5 Å². The Morgan fingerprint density at radius 1 is 1.39 bits per heavy atom. The molecule has 2 rings (SSSR count). The number of thiazole rings is 1. The summed E-state index contributed by atoms with van der Waals surface area (Å²) in [6, 6.07) is 5.45. The van der Waals surface area contributed by atoms with E-state index in [1.54, 1.807) is 17.4 Å². The second kappa shape index (κ2) is 5.78. The van der Waals surface area contributed by atoms with Gasteiger partial charge in [0.25, 0.3) is 0 Å². The molecule has 0 amide bonds. The lowest BCUT2D eigenvalue weighted by atomic mass is 10.1. The molecule has 0 aliphatic heterocycles. The summed E-state index contributed by atoms with van der Waals surface area (Å²) in [5.41, 5.74) is 4.60. The third kappa shape index (κ3) is 2.96. The van der Waals surface area contributed by atoms with Crippen LogP contribution in [0.3, 0.4) is 0 Å². The zero-order valence-electron chi connectivity index (χ0n) is 10.5. The topological polar surface area (TPSA) is 39.2 Å². The highest BCUT2D eigenvalue weighted by molar-refractivity contribution is 7.09. The molecule has 0 fully saturated rings. The van der Waals surface area contributed by atoms with Crippen LogP contribution in [0.25, 0.3) is 0 Å². The predicted octanol–water partition coefficient (Wildman–Crippen LogP) is 3.19. The fourth-order valence-electron chi connectivity index (χ4n) is 1.73. The Labute approximate surface area is 110 Å². The largest absolute Gasteiger partial charge is 0.493 e. The summed E-state index contributed by atoms with van der Waals surface area (Å²) in [7, 11) is 0. The van der Waals surface area contributed by atoms with Crippen LogP contribution in [0.2, 0.25) is 0 Å². The van der Waals surface area contributed by atoms with E-state index in [1.165, 1.54) is 4.88 Å². The first-order valence-corrected chi connectivity index (χ1v) is 6.66. The van der Waals surface area contributed by atoms with Gasteiger partial charge < -0.3 is 4.74 Å². The smallest absolute Gasteiger partial charge is 0.150 e. The van der Waals surface area contributed by atoms with Crippen molar-refractivity contribution >= 4 is 17.6 Å². The minimum Gasteiger partial charge on any atom is -0.493 e. The molecule has 3 nitrogen and oxygen atoms in total. The first-order valence-electron chi connectivity index (χ1n) is 5.78. The number of rotatable bonds is 5. The van der Waals surface area contributed by atoms with Crippen LogP contribution < -0.4 is 4.74 Å². The number of ether oxygens (including phenoxy) is 1. The number of benzene rings is 1. The first-order chi connectivity index (χ1) is 8.70. The van der Waals surface area contributed by atoms with Crippen molar-refractivity contribution in [2.45, 2.75) is 20.3 Å². The van der Waals surface area contributed by atoms with Gasteiger partial charge in [0, 0.05) is 16.9 Å². The molecule has 2 aromatic rings. The minimum absolute atomic E-state index is 0.629. The van der Waals surface area contributed by atoms with E-state index < -0.39 is 0 Å². The average Bonchev–Trinajstić information content (AvgIpc) is 2.77. The maximum absolute atomic E-state index is 10.6. The van der Waals surface area contributed by atoms with Gasteiger partial charge in [-0.15, -0.1) is 11.3 Å². The van der Waals surface area contributed by atoms with Crippen molar-refractivity contribution in [2.75, 3.05) is 6.61 Å². The number of hydrogen-bond donors (Lipinski definition) is 0. The summed E-state index contributed by atoms with van der Waals surface area (Å²) in [6.45, 7) is 4.58. The lowest BCUT2D eigenvalue weighted by Crippen LogP contribution is -2.02. The van der Waals surface area contributed by atoms with Crippen molar-refractivity contribution in [3.05, 3.63) is 45.4 Å². The molecule has 0 N–H and O–H groups in total. The molecule has 94 valence electrons. The molecule has 0 unspecified atom stereocenters. The van der Waals surface area contributed by atoms with E-state index in [4.69, 9.17) is 4.74 Å². The number of carbonyl (C=O) groups excluding carboxylic acids is 1. The Bertz CT molecular complexity index is 548. The van der Waals surface area contributed by atoms with Gasteiger partial charge >= 0.3 is 0 Å². The van der Waals surface area contributed by atoms with Gasteiger partial charge in [0.15, 0.2) is 0 Å². The summed E-state index contributed by atoms with van der Waals surface area (Å²) in [5.74, 6) is 0.836. The molecule has 0 saturated carbocycles. The molecule has 0 radical (unpaired) electrons. The summed E-state index contributed by atoms with van der Waals surface area (Å²) in [5, 5.41) is 0. The molecular weight excluding hydrogens is 246 g/mol. The molecule has 0 aliphatic carbocycles. The number of aryl methyl sites for hydroxylation is 2. The molecule has 0 spiro atoms. The molecule has 1 aromatic heterocycles. The lowest BCUT2D eigenvalue weighted by Gasteiger charge is -2.09. The van der Waals surface area contributed by atoms with E-state index >= 15 is 0 Å². The zero-order chi connectivity index (χ0) is 13.0. The Morgan fingerprint density at radius 3 is 2.83 bits per heavy atom. The van der Waals surface area contributed by atoms with Crippen LogP contribution in [0, 0.1) is 13.8 Å². The summed E-state index contributed by atoms with van der Waals surface area (Å²) in [4.78, 5) is 16.1. The van der Waals surface area contributed by atoms with Crippen molar-refractivity contribution in [1.82, 2.24) is 4.98 Å². The molecule has 0 atom stereocenters. The van der Waals surface area contributed by atoms with Gasteiger partial charge in [0.05, 0.1) is 17.8 Å². The van der Waals surface area contributed by atoms with Gasteiger partial charge in [-0.05, 0) is 37.6 Å². The monoisotopic (exact) mass is 261 g/mol. The third-order valence-corrected chi connectivity index (χ3v) is 3.76. The fourth-order valence-corrected chi connectivity index (χ4v) is 2.49. The Kier molecular flexibility index (Phi) is 4.10. The van der Waals surface area contributed by atoms with E-state index in [0.717, 1.165) is 29.7 Å². The van der Waals surface area contributed by atoms with Gasteiger partial charge in [-0.1, -0.05) is 0 Å². The Balaban J connectivity index is 1.94. The average molecular weight is 261 g/mol. The minimum atomic E-state index is 0.629. The third-order valence-electron chi connectivity index (χ3n) is 2.77. The number of carbonyl (C=O) groups is 1. The van der Waals surface area contributed by atoms with Gasteiger partial charge in [-0.25, -0.2) is 4.98 Å². The molecule has 4 heteroatoms. The van der Waals surface area contributed by atoms with Crippen LogP contribution >= 0.6 is 11.3 Å². The van der Waals surface area contributed by atoms with Crippen molar-refractivity contribution < 1.29 is 9.53 Å². The zero-order valence-corrected chi connectivity index (χ0v) is 11.3. The molecule has 1 heterocycles. The van der Waals surface area contributed by atoms with Gasteiger partial charge in [-0.3, -0.25) is 4.79 Å². The quantitative estimate of drug-likeness (QED) is 0.776. The van der Waals surface area contributed by atoms with Crippen LogP contribution in [-0.2, 0) is 6.42 Å². The number of aromatic nitrogens is 1. The molecular formula is C14H15NO2S. The molecule has 0 aliphatic rings. The van der Waals surface area contributed by atoms with E-state index in [1.807, 2.05) is 31.5 Å². The van der Waals surface area contributed by atoms with E-state index in [0.29, 0.717) is 12.2 Å². The Morgan fingerprint density at radius 2 is 2.22 bits per heavy atom. The second-order valence-electron chi connectivity index (χ2n) is 4.10. The molecule has 18 heavy (non-hydrogen) atoms. The Hall–Kier alpha value is -1.68. The van der Waals surface area contributed by atoms with Crippen LogP contribution in [0.5, 0.6) is 5.75 Å². The van der Waals surface area contributed by atoms with Crippen LogP contribution in [-0.4, -0.2) is 17.9 Å². The maximum Gasteiger partial charge on any atom is 0.150 e. The highest BCUT2D eigenvalue weighted by atomic mass is 32.1. The normalized spacial score (nSPS) is 10.3. The lowest BCUT2D eigenvalue weighted by molar-refractivity contribution is 0.112. The second-order valence-corrected chi connectivity index (χ2v) is 5.04. The van der Waals surface area contributed by atoms with Crippen LogP contribution in [0.4, 0.5) is 0 Å². The van der Waals surface area contributed by atoms with Gasteiger partial charge in [0.1, 0.15) is 12.0 Å². The van der Waals surface area contributed by atoms with E-state index in [2.05, 4.69) is 4.98 Å². The van der Waals surface area contributed by atoms with Gasteiger partial charge in [0.2, 0.25) is 0 Å². The van der Waals surface area contributed by atoms with Crippen molar-refractivity contribution in [2.24, 2.45) is 0 Å². The summed E-state index contributed by atoms with van der Waals surface area (Å²) >= 11 is 1.66. The van der Waals surface area contributed by atoms with Crippen molar-refractivity contribution in [1.29, 1.82) is 0 Å². The molecule has 0 saturated heterocycles. The highest BCUT2D eigenvalue weighted by Crippen LogP contribution is 2.19. The molecule has 1 aromatic carbocycles. The standard InChI is InChI=1S/C14H15NO2S/c1-10-7-12(8-16)3-4-13(10)17-6-5-14-11(2)15-9-18-14/h3-4,7-9H,5-6H2,1-2H3. The summed E-state index contributed by atoms with van der Waals surface area (Å²) < 4.78 is 5.73. The molecule has 0 bridgehead atoms. The van der Waals surface area contributed by atoms with E-state index in [9.17, 15) is 4.79 Å². The highest BCUT2D eigenvalue weighted by Gasteiger charge is 2.04.